The molecule has 0 spiro atoms. The molecule has 0 radical (unpaired) electrons. The average Bonchev–Trinajstić information content (AvgIpc) is 2.93. The van der Waals surface area contributed by atoms with Crippen molar-refractivity contribution in [2.75, 3.05) is 0 Å². The molecule has 0 unspecified atom stereocenters. The summed E-state index contributed by atoms with van der Waals surface area (Å²) in [5.41, 5.74) is 3.46. The van der Waals surface area contributed by atoms with Crippen LogP contribution in [0.2, 0.25) is 0 Å². The molecule has 0 atom stereocenters. The topological polar surface area (TPSA) is 37.8 Å². The first-order valence-corrected chi connectivity index (χ1v) is 8.10. The lowest BCUT2D eigenvalue weighted by Gasteiger charge is -2.12. The molecule has 110 valence electrons. The van der Waals surface area contributed by atoms with E-state index in [1.54, 1.807) is 12.1 Å². The zero-order valence-corrected chi connectivity index (χ0v) is 13.0. The number of hydrogen-bond acceptors (Lipinski definition) is 4. The highest BCUT2D eigenvalue weighted by Gasteiger charge is 2.20. The molecule has 1 aliphatic rings. The maximum Gasteiger partial charge on any atom is 0.139 e. The Morgan fingerprint density at radius 2 is 2.05 bits per heavy atom. The van der Waals surface area contributed by atoms with Crippen LogP contribution in [0.25, 0.3) is 0 Å². The highest BCUT2D eigenvalue weighted by molar-refractivity contribution is 7.98. The standard InChI is InChI=1S/C16H18FN3S/c1-10(2)16-11-7-18-8-13(11)19-15(20-16)9-21-14-6-4-3-5-12(14)17/h3-6,10,18H,7-9H2,1-2H3. The van der Waals surface area contributed by atoms with Crippen LogP contribution < -0.4 is 5.32 Å². The zero-order valence-electron chi connectivity index (χ0n) is 12.2. The van der Waals surface area contributed by atoms with Crippen molar-refractivity contribution in [2.45, 2.75) is 43.5 Å². The summed E-state index contributed by atoms with van der Waals surface area (Å²) in [7, 11) is 0. The molecule has 1 aromatic heterocycles. The second kappa shape index (κ2) is 6.12. The van der Waals surface area contributed by atoms with Crippen molar-refractivity contribution in [2.24, 2.45) is 0 Å². The largest absolute Gasteiger partial charge is 0.307 e. The molecule has 0 saturated carbocycles. The summed E-state index contributed by atoms with van der Waals surface area (Å²) in [6, 6.07) is 6.82. The predicted octanol–water partition coefficient (Wildman–Crippen LogP) is 3.63. The van der Waals surface area contributed by atoms with Gasteiger partial charge in [0.2, 0.25) is 0 Å². The van der Waals surface area contributed by atoms with Gasteiger partial charge in [-0.3, -0.25) is 0 Å². The SMILES string of the molecule is CC(C)c1nc(CSc2ccccc2F)nc2c1CNC2. The van der Waals surface area contributed by atoms with Gasteiger partial charge in [0.15, 0.2) is 0 Å². The van der Waals surface area contributed by atoms with Gasteiger partial charge in [0.25, 0.3) is 0 Å². The van der Waals surface area contributed by atoms with Gasteiger partial charge < -0.3 is 5.32 Å². The van der Waals surface area contributed by atoms with E-state index >= 15 is 0 Å². The molecule has 0 fully saturated rings. The molecule has 3 rings (SSSR count). The van der Waals surface area contributed by atoms with Crippen LogP contribution in [0.3, 0.4) is 0 Å². The van der Waals surface area contributed by atoms with Gasteiger partial charge in [-0.2, -0.15) is 0 Å². The Hall–Kier alpha value is -1.46. The molecule has 1 N–H and O–H groups in total. The van der Waals surface area contributed by atoms with Crippen molar-refractivity contribution >= 4 is 11.8 Å². The Bertz CT molecular complexity index is 658. The van der Waals surface area contributed by atoms with Gasteiger partial charge >= 0.3 is 0 Å². The van der Waals surface area contributed by atoms with E-state index in [4.69, 9.17) is 4.98 Å². The second-order valence-electron chi connectivity index (χ2n) is 5.43. The van der Waals surface area contributed by atoms with E-state index in [1.165, 1.54) is 23.4 Å². The Morgan fingerprint density at radius 3 is 2.81 bits per heavy atom. The van der Waals surface area contributed by atoms with Crippen molar-refractivity contribution in [1.29, 1.82) is 0 Å². The molecule has 0 bridgehead atoms. The van der Waals surface area contributed by atoms with Gasteiger partial charge in [-0.15, -0.1) is 11.8 Å². The minimum atomic E-state index is -0.186. The Balaban J connectivity index is 1.83. The van der Waals surface area contributed by atoms with Crippen LogP contribution in [0.1, 0.15) is 42.5 Å². The van der Waals surface area contributed by atoms with Gasteiger partial charge in [-0.25, -0.2) is 14.4 Å². The number of nitrogens with zero attached hydrogens (tertiary/aromatic N) is 2. The Kier molecular flexibility index (Phi) is 4.22. The van der Waals surface area contributed by atoms with Crippen LogP contribution in [0.15, 0.2) is 29.2 Å². The number of rotatable bonds is 4. The fourth-order valence-corrected chi connectivity index (χ4v) is 3.29. The third kappa shape index (κ3) is 3.09. The second-order valence-corrected chi connectivity index (χ2v) is 6.44. The zero-order chi connectivity index (χ0) is 14.8. The molecule has 5 heteroatoms. The molecule has 21 heavy (non-hydrogen) atoms. The summed E-state index contributed by atoms with van der Waals surface area (Å²) >= 11 is 1.45. The van der Waals surface area contributed by atoms with E-state index in [2.05, 4.69) is 24.1 Å². The van der Waals surface area contributed by atoms with Crippen LogP contribution in [0.5, 0.6) is 0 Å². The van der Waals surface area contributed by atoms with Gasteiger partial charge in [0, 0.05) is 23.5 Å². The van der Waals surface area contributed by atoms with E-state index < -0.39 is 0 Å². The maximum absolute atomic E-state index is 13.6. The lowest BCUT2D eigenvalue weighted by molar-refractivity contribution is 0.602. The fraction of sp³-hybridized carbons (Fsp3) is 0.375. The Labute approximate surface area is 128 Å². The molecule has 2 aromatic rings. The average molecular weight is 303 g/mol. The summed E-state index contributed by atoms with van der Waals surface area (Å²) in [4.78, 5) is 9.96. The number of fused-ring (bicyclic) bond motifs is 1. The lowest BCUT2D eigenvalue weighted by Crippen LogP contribution is -2.07. The number of nitrogens with one attached hydrogen (secondary N) is 1. The minimum Gasteiger partial charge on any atom is -0.307 e. The molecule has 0 saturated heterocycles. The first kappa shape index (κ1) is 14.5. The number of hydrogen-bond donors (Lipinski definition) is 1. The van der Waals surface area contributed by atoms with E-state index in [1.807, 2.05) is 6.07 Å². The van der Waals surface area contributed by atoms with Crippen molar-refractivity contribution in [3.05, 3.63) is 52.9 Å². The van der Waals surface area contributed by atoms with Crippen molar-refractivity contribution < 1.29 is 4.39 Å². The molecule has 2 heterocycles. The minimum absolute atomic E-state index is 0.186. The van der Waals surface area contributed by atoms with Gasteiger partial charge in [0.1, 0.15) is 11.6 Å². The third-order valence-corrected chi connectivity index (χ3v) is 4.55. The first-order valence-electron chi connectivity index (χ1n) is 7.11. The monoisotopic (exact) mass is 303 g/mol. The van der Waals surface area contributed by atoms with Crippen LogP contribution in [0.4, 0.5) is 4.39 Å². The first-order chi connectivity index (χ1) is 10.1. The summed E-state index contributed by atoms with van der Waals surface area (Å²) in [5, 5.41) is 3.32. The number of thioether (sulfide) groups is 1. The van der Waals surface area contributed by atoms with Crippen LogP contribution in [-0.4, -0.2) is 9.97 Å². The molecule has 0 aliphatic carbocycles. The normalized spacial score (nSPS) is 13.7. The van der Waals surface area contributed by atoms with Crippen LogP contribution in [0, 0.1) is 5.82 Å². The van der Waals surface area contributed by atoms with Gasteiger partial charge in [-0.1, -0.05) is 26.0 Å². The Morgan fingerprint density at radius 1 is 1.24 bits per heavy atom. The maximum atomic E-state index is 13.6. The van der Waals surface area contributed by atoms with Crippen molar-refractivity contribution in [1.82, 2.24) is 15.3 Å². The quantitative estimate of drug-likeness (QED) is 0.875. The summed E-state index contributed by atoms with van der Waals surface area (Å²) < 4.78 is 13.6. The molecule has 1 aromatic carbocycles. The van der Waals surface area contributed by atoms with E-state index in [0.717, 1.165) is 30.3 Å². The molecular formula is C16H18FN3S. The smallest absolute Gasteiger partial charge is 0.139 e. The number of aromatic nitrogens is 2. The number of benzene rings is 1. The van der Waals surface area contributed by atoms with Crippen LogP contribution in [-0.2, 0) is 18.8 Å². The predicted molar refractivity (Wildman–Crippen MR) is 82.6 cm³/mol. The highest BCUT2D eigenvalue weighted by Crippen LogP contribution is 2.27. The summed E-state index contributed by atoms with van der Waals surface area (Å²) in [6.45, 7) is 5.95. The molecule has 0 amide bonds. The fourth-order valence-electron chi connectivity index (χ4n) is 2.49. The van der Waals surface area contributed by atoms with E-state index in [-0.39, 0.29) is 5.82 Å². The lowest BCUT2D eigenvalue weighted by atomic mass is 10.0. The van der Waals surface area contributed by atoms with E-state index in [0.29, 0.717) is 16.6 Å². The van der Waals surface area contributed by atoms with Gasteiger partial charge in [0.05, 0.1) is 17.1 Å². The van der Waals surface area contributed by atoms with Crippen LogP contribution >= 0.6 is 11.8 Å². The number of halogens is 1. The molecular weight excluding hydrogens is 285 g/mol. The molecule has 3 nitrogen and oxygen atoms in total. The summed E-state index contributed by atoms with van der Waals surface area (Å²) in [6.07, 6.45) is 0. The highest BCUT2D eigenvalue weighted by atomic mass is 32.2. The van der Waals surface area contributed by atoms with Gasteiger partial charge in [-0.05, 0) is 18.1 Å². The molecule has 1 aliphatic heterocycles. The third-order valence-electron chi connectivity index (χ3n) is 3.51. The summed E-state index contributed by atoms with van der Waals surface area (Å²) in [5.74, 6) is 1.57. The van der Waals surface area contributed by atoms with Crippen molar-refractivity contribution in [3.8, 4) is 0 Å². The van der Waals surface area contributed by atoms with Crippen molar-refractivity contribution in [3.63, 3.8) is 0 Å². The van der Waals surface area contributed by atoms with E-state index in [9.17, 15) is 4.39 Å².